The molecule has 0 saturated carbocycles. The molecule has 0 bridgehead atoms. The van der Waals surface area contributed by atoms with Crippen LogP contribution in [0.3, 0.4) is 0 Å². The molecule has 0 aromatic carbocycles. The van der Waals surface area contributed by atoms with Crippen molar-refractivity contribution in [3.05, 3.63) is 0 Å². The molecule has 116 valence electrons. The molecule has 0 radical (unpaired) electrons. The van der Waals surface area contributed by atoms with Crippen LogP contribution in [0.25, 0.3) is 0 Å². The van der Waals surface area contributed by atoms with Gasteiger partial charge in [0.25, 0.3) is 5.91 Å². The number of alkyl carbamates (subject to hydrolysis) is 1. The molecule has 1 atom stereocenters. The molecule has 1 unspecified atom stereocenters. The number of ether oxygens (including phenoxy) is 1. The molecule has 1 heterocycles. The zero-order valence-corrected chi connectivity index (χ0v) is 12.3. The highest BCUT2D eigenvalue weighted by Gasteiger charge is 2.30. The lowest BCUT2D eigenvalue weighted by atomic mass is 10.1. The average molecular weight is 288 g/mol. The number of piperidine rings is 1. The minimum Gasteiger partial charge on any atom is -0.434 e. The van der Waals surface area contributed by atoms with Crippen LogP contribution >= 0.6 is 0 Å². The highest BCUT2D eigenvalue weighted by Crippen LogP contribution is 2.12. The molecule has 20 heavy (non-hydrogen) atoms. The molecule has 0 spiro atoms. The van der Waals surface area contributed by atoms with E-state index in [4.69, 9.17) is 4.74 Å². The average Bonchev–Trinajstić information content (AvgIpc) is 2.34. The lowest BCUT2D eigenvalue weighted by molar-refractivity contribution is -0.144. The molecule has 7 nitrogen and oxygen atoms in total. The largest absolute Gasteiger partial charge is 0.434 e. The third kappa shape index (κ3) is 5.34. The second kappa shape index (κ2) is 6.90. The van der Waals surface area contributed by atoms with Crippen molar-refractivity contribution in [1.29, 1.82) is 0 Å². The van der Waals surface area contributed by atoms with Gasteiger partial charge in [0.15, 0.2) is 0 Å². The summed E-state index contributed by atoms with van der Waals surface area (Å²) in [4.78, 5) is 25.2. The summed E-state index contributed by atoms with van der Waals surface area (Å²) < 4.78 is 4.96. The van der Waals surface area contributed by atoms with Crippen LogP contribution in [0.15, 0.2) is 0 Å². The number of amides is 2. The Hall–Kier alpha value is -1.34. The van der Waals surface area contributed by atoms with E-state index in [0.717, 1.165) is 0 Å². The first kappa shape index (κ1) is 16.7. The number of carbonyl (C=O) groups is 2. The molecule has 0 aromatic rings. The zero-order chi connectivity index (χ0) is 15.3. The molecular formula is C13H24N2O5. The Kier molecular flexibility index (Phi) is 5.76. The molecule has 3 N–H and O–H groups in total. The fraction of sp³-hybridized carbons (Fsp3) is 0.846. The van der Waals surface area contributed by atoms with Crippen LogP contribution in [0, 0.1) is 0 Å². The smallest absolute Gasteiger partial charge is 0.408 e. The van der Waals surface area contributed by atoms with Crippen molar-refractivity contribution in [3.8, 4) is 0 Å². The van der Waals surface area contributed by atoms with Gasteiger partial charge in [0.2, 0.25) is 6.10 Å². The van der Waals surface area contributed by atoms with Gasteiger partial charge in [-0.3, -0.25) is 4.79 Å². The summed E-state index contributed by atoms with van der Waals surface area (Å²) in [5, 5.41) is 21.2. The van der Waals surface area contributed by atoms with Crippen LogP contribution in [0.1, 0.15) is 33.6 Å². The summed E-state index contributed by atoms with van der Waals surface area (Å²) in [7, 11) is 0. The number of nitrogens with one attached hydrogen (secondary N) is 1. The Morgan fingerprint density at radius 2 is 1.90 bits per heavy atom. The van der Waals surface area contributed by atoms with E-state index in [9.17, 15) is 19.8 Å². The van der Waals surface area contributed by atoms with Gasteiger partial charge in [-0.05, 0) is 33.6 Å². The maximum Gasteiger partial charge on any atom is 0.408 e. The Morgan fingerprint density at radius 3 is 2.35 bits per heavy atom. The molecule has 1 rings (SSSR count). The molecule has 1 aliphatic heterocycles. The molecular weight excluding hydrogens is 264 g/mol. The van der Waals surface area contributed by atoms with Crippen molar-refractivity contribution >= 4 is 12.0 Å². The van der Waals surface area contributed by atoms with E-state index in [-0.39, 0.29) is 0 Å². The molecule has 1 aliphatic rings. The van der Waals surface area contributed by atoms with Gasteiger partial charge in [-0.1, -0.05) is 0 Å². The number of rotatable bonds is 3. The Bertz CT molecular complexity index is 345. The van der Waals surface area contributed by atoms with Gasteiger partial charge in [0, 0.05) is 18.6 Å². The molecule has 7 heteroatoms. The second-order valence-electron chi connectivity index (χ2n) is 6.01. The van der Waals surface area contributed by atoms with Gasteiger partial charge in [-0.2, -0.15) is 0 Å². The van der Waals surface area contributed by atoms with Crippen LogP contribution in [0.5, 0.6) is 0 Å². The fourth-order valence-electron chi connectivity index (χ4n) is 1.92. The van der Waals surface area contributed by atoms with E-state index in [1.807, 2.05) is 0 Å². The number of aliphatic hydroxyl groups is 2. The zero-order valence-electron chi connectivity index (χ0n) is 12.3. The summed E-state index contributed by atoms with van der Waals surface area (Å²) in [5.74, 6) is -0.427. The summed E-state index contributed by atoms with van der Waals surface area (Å²) in [5.41, 5.74) is -0.477. The fourth-order valence-corrected chi connectivity index (χ4v) is 1.92. The summed E-state index contributed by atoms with van der Waals surface area (Å²) in [6.07, 6.45) is -1.33. The third-order valence-electron chi connectivity index (χ3n) is 2.94. The van der Waals surface area contributed by atoms with Gasteiger partial charge in [-0.15, -0.1) is 0 Å². The first-order valence-electron chi connectivity index (χ1n) is 6.79. The van der Waals surface area contributed by atoms with Gasteiger partial charge < -0.3 is 25.2 Å². The minimum absolute atomic E-state index is 0.392. The van der Waals surface area contributed by atoms with Crippen LogP contribution < -0.4 is 5.32 Å². The number of nitrogens with zero attached hydrogens (tertiary/aromatic N) is 1. The van der Waals surface area contributed by atoms with Crippen LogP contribution in [0.2, 0.25) is 0 Å². The van der Waals surface area contributed by atoms with Crippen LogP contribution in [-0.2, 0) is 9.53 Å². The number of carbonyl (C=O) groups excluding carboxylic acids is 2. The Morgan fingerprint density at radius 1 is 1.35 bits per heavy atom. The van der Waals surface area contributed by atoms with Gasteiger partial charge in [-0.25, -0.2) is 4.79 Å². The van der Waals surface area contributed by atoms with Crippen LogP contribution in [0.4, 0.5) is 4.79 Å². The number of hydrogen-bond donors (Lipinski definition) is 3. The van der Waals surface area contributed by atoms with Crippen molar-refractivity contribution in [2.75, 3.05) is 19.7 Å². The summed E-state index contributed by atoms with van der Waals surface area (Å²) >= 11 is 0. The van der Waals surface area contributed by atoms with E-state index in [1.54, 1.807) is 20.8 Å². The SMILES string of the molecule is CC(C)(C)NC(=O)OC(CO)C(=O)N1CCC(O)CC1. The highest BCUT2D eigenvalue weighted by atomic mass is 16.6. The first-order chi connectivity index (χ1) is 9.23. The van der Waals surface area contributed by atoms with Crippen molar-refractivity contribution in [3.63, 3.8) is 0 Å². The van der Waals surface area contributed by atoms with Crippen molar-refractivity contribution < 1.29 is 24.5 Å². The maximum atomic E-state index is 12.1. The van der Waals surface area contributed by atoms with Crippen molar-refractivity contribution in [2.24, 2.45) is 0 Å². The number of hydrogen-bond acceptors (Lipinski definition) is 5. The molecule has 1 saturated heterocycles. The normalized spacial score (nSPS) is 18.6. The Labute approximate surface area is 118 Å². The van der Waals surface area contributed by atoms with Crippen molar-refractivity contribution in [2.45, 2.75) is 51.4 Å². The second-order valence-corrected chi connectivity index (χ2v) is 6.01. The highest BCUT2D eigenvalue weighted by molar-refractivity contribution is 5.83. The van der Waals surface area contributed by atoms with E-state index in [0.29, 0.717) is 25.9 Å². The molecule has 2 amide bonds. The third-order valence-corrected chi connectivity index (χ3v) is 2.94. The van der Waals surface area contributed by atoms with Crippen LogP contribution in [-0.4, -0.2) is 64.6 Å². The van der Waals surface area contributed by atoms with Gasteiger partial charge in [0.1, 0.15) is 0 Å². The number of aliphatic hydroxyl groups excluding tert-OH is 2. The summed E-state index contributed by atoms with van der Waals surface area (Å²) in [6.45, 7) is 5.61. The van der Waals surface area contributed by atoms with E-state index in [2.05, 4.69) is 5.32 Å². The first-order valence-corrected chi connectivity index (χ1v) is 6.79. The van der Waals surface area contributed by atoms with Gasteiger partial charge in [0.05, 0.1) is 12.7 Å². The van der Waals surface area contributed by atoms with E-state index >= 15 is 0 Å². The van der Waals surface area contributed by atoms with E-state index in [1.165, 1.54) is 4.90 Å². The monoisotopic (exact) mass is 288 g/mol. The maximum absolute atomic E-state index is 12.1. The van der Waals surface area contributed by atoms with E-state index < -0.39 is 36.4 Å². The predicted octanol–water partition coefficient (Wildman–Crippen LogP) is -0.145. The number of likely N-dealkylation sites (tertiary alicyclic amines) is 1. The lowest BCUT2D eigenvalue weighted by Gasteiger charge is -2.32. The quantitative estimate of drug-likeness (QED) is 0.671. The molecule has 0 aliphatic carbocycles. The topological polar surface area (TPSA) is 99.1 Å². The summed E-state index contributed by atoms with van der Waals surface area (Å²) in [6, 6.07) is 0. The standard InChI is InChI=1S/C13H24N2O5/c1-13(2,3)14-12(19)20-10(8-16)11(18)15-6-4-9(17)5-7-15/h9-10,16-17H,4-8H2,1-3H3,(H,14,19). The van der Waals surface area contributed by atoms with Crippen molar-refractivity contribution in [1.82, 2.24) is 10.2 Å². The lowest BCUT2D eigenvalue weighted by Crippen LogP contribution is -2.50. The predicted molar refractivity (Wildman–Crippen MR) is 72.1 cm³/mol. The molecule has 1 fully saturated rings. The Balaban J connectivity index is 2.53. The van der Waals surface area contributed by atoms with Gasteiger partial charge >= 0.3 is 6.09 Å². The molecule has 0 aromatic heterocycles. The minimum atomic E-state index is -1.20.